The highest BCUT2D eigenvalue weighted by Crippen LogP contribution is 2.35. The van der Waals surface area contributed by atoms with Crippen LogP contribution in [0.4, 0.5) is 0 Å². The largest absolute Gasteiger partial charge is 0.376 e. The van der Waals surface area contributed by atoms with Crippen LogP contribution in [0.2, 0.25) is 0 Å². The van der Waals surface area contributed by atoms with E-state index in [-0.39, 0.29) is 0 Å². The van der Waals surface area contributed by atoms with Crippen LogP contribution in [0.25, 0.3) is 11.1 Å². The Morgan fingerprint density at radius 2 is 1.21 bits per heavy atom. The molecule has 4 aromatic rings. The summed E-state index contributed by atoms with van der Waals surface area (Å²) in [4.78, 5) is 1.25. The maximum atomic E-state index is 6.26. The molecule has 172 valence electrons. The molecule has 4 aromatic carbocycles. The van der Waals surface area contributed by atoms with Gasteiger partial charge in [0.2, 0.25) is 0 Å². The van der Waals surface area contributed by atoms with E-state index in [9.17, 15) is 0 Å². The van der Waals surface area contributed by atoms with Crippen LogP contribution >= 0.6 is 23.4 Å². The molecule has 0 N–H and O–H groups in total. The highest BCUT2D eigenvalue weighted by molar-refractivity contribution is 7.99. The molecule has 0 unspecified atom stereocenters. The number of hydrogen-bond donors (Lipinski definition) is 0. The van der Waals surface area contributed by atoms with E-state index in [1.807, 2.05) is 30.0 Å². The molecule has 0 saturated heterocycles. The van der Waals surface area contributed by atoms with Crippen LogP contribution in [0, 0.1) is 0 Å². The van der Waals surface area contributed by atoms with Crippen molar-refractivity contribution in [1.29, 1.82) is 0 Å². The summed E-state index contributed by atoms with van der Waals surface area (Å²) in [5.41, 5.74) is 7.37. The zero-order valence-corrected chi connectivity index (χ0v) is 20.8. The Kier molecular flexibility index (Phi) is 9.45. The van der Waals surface area contributed by atoms with Gasteiger partial charge in [-0.25, -0.2) is 0 Å². The van der Waals surface area contributed by atoms with Gasteiger partial charge >= 0.3 is 0 Å². The molecule has 0 aliphatic rings. The van der Waals surface area contributed by atoms with Crippen molar-refractivity contribution >= 4 is 34.5 Å². The molecule has 0 atom stereocenters. The minimum Gasteiger partial charge on any atom is -0.376 e. The molecule has 0 radical (unpaired) electrons. The lowest BCUT2D eigenvalue weighted by Gasteiger charge is -2.17. The van der Waals surface area contributed by atoms with Gasteiger partial charge in [-0.05, 0) is 52.0 Å². The third-order valence-electron chi connectivity index (χ3n) is 5.58. The third-order valence-corrected chi connectivity index (χ3v) is 6.75. The first-order chi connectivity index (χ1) is 16.8. The van der Waals surface area contributed by atoms with Gasteiger partial charge in [0.1, 0.15) is 0 Å². The van der Waals surface area contributed by atoms with E-state index in [0.29, 0.717) is 12.5 Å². The molecule has 34 heavy (non-hydrogen) atoms. The fourth-order valence-electron chi connectivity index (χ4n) is 3.97. The minimum atomic E-state index is 0.581. The number of ether oxygens (including phenoxy) is 1. The van der Waals surface area contributed by atoms with Gasteiger partial charge in [-0.15, -0.1) is 23.4 Å². The van der Waals surface area contributed by atoms with E-state index < -0.39 is 0 Å². The van der Waals surface area contributed by atoms with Gasteiger partial charge in [0.15, 0.2) is 0 Å². The zero-order chi connectivity index (χ0) is 23.4. The molecule has 0 heterocycles. The molecule has 3 heteroatoms. The normalized spacial score (nSPS) is 11.8. The maximum Gasteiger partial charge on any atom is 0.0717 e. The topological polar surface area (TPSA) is 9.23 Å². The first-order valence-corrected chi connectivity index (χ1v) is 13.1. The van der Waals surface area contributed by atoms with Gasteiger partial charge in [-0.2, -0.15) is 0 Å². The van der Waals surface area contributed by atoms with Crippen LogP contribution in [0.1, 0.15) is 28.7 Å². The number of allylic oxidation sites excluding steroid dienone is 1. The van der Waals surface area contributed by atoms with Crippen LogP contribution in [-0.4, -0.2) is 18.2 Å². The number of benzene rings is 4. The fourth-order valence-corrected chi connectivity index (χ4v) is 4.92. The van der Waals surface area contributed by atoms with Crippen molar-refractivity contribution in [2.75, 3.05) is 18.2 Å². The Bertz CT molecular complexity index is 1160. The lowest BCUT2D eigenvalue weighted by atomic mass is 9.88. The second-order valence-electron chi connectivity index (χ2n) is 7.94. The molecular formula is C31H29ClOS. The van der Waals surface area contributed by atoms with Gasteiger partial charge in [0.05, 0.1) is 13.2 Å². The number of rotatable bonds is 11. The van der Waals surface area contributed by atoms with Crippen molar-refractivity contribution in [2.45, 2.75) is 17.9 Å². The van der Waals surface area contributed by atoms with Crippen LogP contribution in [0.3, 0.4) is 0 Å². The van der Waals surface area contributed by atoms with Gasteiger partial charge in [-0.1, -0.05) is 103 Å². The number of thioether (sulfide) groups is 1. The molecule has 4 rings (SSSR count). The number of hydrogen-bond acceptors (Lipinski definition) is 2. The summed E-state index contributed by atoms with van der Waals surface area (Å²) in [6, 6.07) is 40.4. The summed E-state index contributed by atoms with van der Waals surface area (Å²) >= 11 is 8.09. The molecule has 0 amide bonds. The van der Waals surface area contributed by atoms with Crippen molar-refractivity contribution in [1.82, 2.24) is 0 Å². The monoisotopic (exact) mass is 484 g/mol. The Balaban J connectivity index is 1.50. The second kappa shape index (κ2) is 13.2. The molecule has 0 saturated carbocycles. The predicted molar refractivity (Wildman–Crippen MR) is 147 cm³/mol. The standard InChI is InChI=1S/C31H29ClOS/c32-21-20-30(26-12-6-2-7-13-26)31(27-14-8-3-9-15-27)28-16-18-29(19-17-28)34-23-22-33-24-25-10-4-1-5-11-25/h1-19H,20-24H2/b31-30-. The molecule has 0 aliphatic carbocycles. The summed E-state index contributed by atoms with van der Waals surface area (Å²) in [6.45, 7) is 1.39. The van der Waals surface area contributed by atoms with E-state index in [1.54, 1.807) is 0 Å². The number of alkyl halides is 1. The van der Waals surface area contributed by atoms with E-state index in [2.05, 4.69) is 97.1 Å². The Hall–Kier alpha value is -2.78. The predicted octanol–water partition coefficient (Wildman–Crippen LogP) is 8.58. The minimum absolute atomic E-state index is 0.581. The van der Waals surface area contributed by atoms with E-state index in [1.165, 1.54) is 38.3 Å². The van der Waals surface area contributed by atoms with Crippen molar-refractivity contribution in [2.24, 2.45) is 0 Å². The lowest BCUT2D eigenvalue weighted by Crippen LogP contribution is -1.98. The lowest BCUT2D eigenvalue weighted by molar-refractivity contribution is 0.136. The quantitative estimate of drug-likeness (QED) is 0.0911. The second-order valence-corrected chi connectivity index (χ2v) is 9.48. The van der Waals surface area contributed by atoms with Gasteiger partial charge in [-0.3, -0.25) is 0 Å². The van der Waals surface area contributed by atoms with Crippen molar-refractivity contribution < 1.29 is 4.74 Å². The highest BCUT2D eigenvalue weighted by Gasteiger charge is 2.14. The van der Waals surface area contributed by atoms with Crippen molar-refractivity contribution in [3.05, 3.63) is 138 Å². The Morgan fingerprint density at radius 3 is 1.82 bits per heavy atom. The van der Waals surface area contributed by atoms with Gasteiger partial charge in [0, 0.05) is 16.5 Å². The fraction of sp³-hybridized carbons (Fsp3) is 0.161. The molecule has 1 nitrogen and oxygen atoms in total. The van der Waals surface area contributed by atoms with Crippen LogP contribution in [-0.2, 0) is 11.3 Å². The molecule has 0 spiro atoms. The van der Waals surface area contributed by atoms with Crippen LogP contribution in [0.15, 0.2) is 120 Å². The summed E-state index contributed by atoms with van der Waals surface area (Å²) in [5, 5.41) is 0. The van der Waals surface area contributed by atoms with Gasteiger partial charge in [0.25, 0.3) is 0 Å². The maximum absolute atomic E-state index is 6.26. The molecule has 0 aliphatic heterocycles. The Labute approximate surface area is 212 Å². The van der Waals surface area contributed by atoms with E-state index >= 15 is 0 Å². The summed E-state index contributed by atoms with van der Waals surface area (Å²) in [7, 11) is 0. The average Bonchev–Trinajstić information content (AvgIpc) is 2.91. The molecular weight excluding hydrogens is 456 g/mol. The first-order valence-electron chi connectivity index (χ1n) is 11.6. The van der Waals surface area contributed by atoms with Crippen molar-refractivity contribution in [3.8, 4) is 0 Å². The molecule has 0 bridgehead atoms. The van der Waals surface area contributed by atoms with E-state index in [0.717, 1.165) is 18.8 Å². The Morgan fingerprint density at radius 1 is 0.647 bits per heavy atom. The average molecular weight is 485 g/mol. The van der Waals surface area contributed by atoms with Gasteiger partial charge < -0.3 is 4.74 Å². The molecule has 0 aromatic heterocycles. The summed E-state index contributed by atoms with van der Waals surface area (Å²) in [5.74, 6) is 1.51. The SMILES string of the molecule is ClCC/C(=C(\c1ccccc1)c1ccc(SCCOCc2ccccc2)cc1)c1ccccc1. The highest BCUT2D eigenvalue weighted by atomic mass is 35.5. The summed E-state index contributed by atoms with van der Waals surface area (Å²) < 4.78 is 5.83. The zero-order valence-electron chi connectivity index (χ0n) is 19.2. The smallest absolute Gasteiger partial charge is 0.0717 e. The first kappa shape index (κ1) is 24.3. The van der Waals surface area contributed by atoms with Crippen LogP contribution in [0.5, 0.6) is 0 Å². The third kappa shape index (κ3) is 6.87. The number of halogens is 1. The molecule has 0 fully saturated rings. The van der Waals surface area contributed by atoms with Crippen molar-refractivity contribution in [3.63, 3.8) is 0 Å². The van der Waals surface area contributed by atoms with E-state index in [4.69, 9.17) is 16.3 Å². The van der Waals surface area contributed by atoms with Crippen LogP contribution < -0.4 is 0 Å². The summed E-state index contributed by atoms with van der Waals surface area (Å²) in [6.07, 6.45) is 0.811.